The van der Waals surface area contributed by atoms with Crippen LogP contribution in [-0.2, 0) is 0 Å². The fraction of sp³-hybridized carbons (Fsp3) is 0.600. The minimum Gasteiger partial charge on any atom is -0.428 e. The first-order valence-electron chi connectivity index (χ1n) is 32.9. The van der Waals surface area contributed by atoms with E-state index in [1.165, 1.54) is 0 Å². The minimum absolute atomic E-state index is 0.407. The van der Waals surface area contributed by atoms with Crippen molar-refractivity contribution < 1.29 is 0 Å². The van der Waals surface area contributed by atoms with E-state index in [0.717, 1.165) is 8.55 Å². The normalized spacial score (nSPS) is 16.2. The van der Waals surface area contributed by atoms with Crippen LogP contribution in [0.25, 0.3) is 0 Å². The molecule has 2 aliphatic heterocycles. The van der Waals surface area contributed by atoms with Gasteiger partial charge in [0.2, 0.25) is 0 Å². The average molecular weight is 1190 g/mol. The highest BCUT2D eigenvalue weighted by molar-refractivity contribution is 8.35. The van der Waals surface area contributed by atoms with Gasteiger partial charge in [-0.1, -0.05) is 301 Å². The van der Waals surface area contributed by atoms with Crippen molar-refractivity contribution in [3.63, 3.8) is 0 Å². The van der Waals surface area contributed by atoms with Gasteiger partial charge < -0.3 is 8.55 Å². The predicted octanol–water partition coefficient (Wildman–Crippen LogP) is 18.9. The number of hydrogen-bond donors (Lipinski definition) is 0. The highest BCUT2D eigenvalue weighted by Crippen LogP contribution is 2.50. The van der Waals surface area contributed by atoms with E-state index < -0.39 is 36.7 Å². The first kappa shape index (κ1) is 65.9. The van der Waals surface area contributed by atoms with Crippen LogP contribution in [0.2, 0.25) is 0 Å². The van der Waals surface area contributed by atoms with Gasteiger partial charge in [0.15, 0.2) is 0 Å². The van der Waals surface area contributed by atoms with Gasteiger partial charge in [-0.05, 0) is 180 Å². The van der Waals surface area contributed by atoms with E-state index in [4.69, 9.17) is 0 Å². The van der Waals surface area contributed by atoms with Gasteiger partial charge in [0.05, 0.1) is 7.11 Å². The molecule has 2 saturated heterocycles. The fourth-order valence-electron chi connectivity index (χ4n) is 14.6. The number of hydrogen-bond acceptors (Lipinski definition) is 0. The van der Waals surface area contributed by atoms with Gasteiger partial charge in [-0.25, -0.2) is 0 Å². The first-order valence-corrected chi connectivity index (χ1v) is 49.4. The molecule has 0 amide bonds. The first-order chi connectivity index (χ1) is 37.6. The molecule has 0 atom stereocenters. The Labute approximate surface area is 508 Å². The molecule has 0 N–H and O–H groups in total. The second-order valence-corrected chi connectivity index (χ2v) is 75.9. The summed E-state index contributed by atoms with van der Waals surface area (Å²) in [6.45, 7) is 76.9. The second kappa shape index (κ2) is 25.0. The molecular formula is C75H115Si6-. The summed E-state index contributed by atoms with van der Waals surface area (Å²) in [5.41, 5.74) is 25.2. The highest BCUT2D eigenvalue weighted by Gasteiger charge is 2.74. The van der Waals surface area contributed by atoms with Crippen LogP contribution in [0.15, 0.2) is 60.7 Å². The smallest absolute Gasteiger partial charge is 0.0899 e. The van der Waals surface area contributed by atoms with Gasteiger partial charge in [-0.3, -0.25) is 0 Å². The van der Waals surface area contributed by atoms with Gasteiger partial charge in [0.1, 0.15) is 0 Å². The third kappa shape index (κ3) is 11.4. The maximum atomic E-state index is 2.86. The van der Waals surface area contributed by atoms with Gasteiger partial charge in [-0.15, -0.1) is 0 Å². The molecule has 0 spiro atoms. The molecule has 2 fully saturated rings. The van der Waals surface area contributed by atoms with Crippen molar-refractivity contribution in [1.29, 1.82) is 0 Å². The molecule has 0 nitrogen and oxygen atoms in total. The third-order valence-electron chi connectivity index (χ3n) is 19.3. The van der Waals surface area contributed by atoms with Gasteiger partial charge in [0.25, 0.3) is 0 Å². The lowest BCUT2D eigenvalue weighted by molar-refractivity contribution is 0.809. The summed E-state index contributed by atoms with van der Waals surface area (Å²) < 4.78 is 0. The van der Waals surface area contributed by atoms with E-state index >= 15 is 0 Å². The van der Waals surface area contributed by atoms with Gasteiger partial charge in [-0.2, -0.15) is 7.35 Å². The summed E-state index contributed by atoms with van der Waals surface area (Å²) in [5, 5.41) is 9.86. The zero-order valence-corrected chi connectivity index (χ0v) is 63.4. The molecule has 4 radical (unpaired) electrons. The van der Waals surface area contributed by atoms with Crippen LogP contribution in [0.5, 0.6) is 0 Å². The van der Waals surface area contributed by atoms with Crippen molar-refractivity contribution in [1.82, 2.24) is 0 Å². The number of benzene rings is 5. The van der Waals surface area contributed by atoms with Crippen molar-refractivity contribution in [3.8, 4) is 0 Å². The van der Waals surface area contributed by atoms with E-state index in [0.29, 0.717) is 88.8 Å². The molecule has 2 heterocycles. The molecule has 5 aromatic carbocycles. The van der Waals surface area contributed by atoms with Crippen LogP contribution >= 0.6 is 0 Å². The maximum absolute atomic E-state index is 2.97. The number of rotatable bonds is 20. The largest absolute Gasteiger partial charge is 0.428 e. The topological polar surface area (TPSA) is 0 Å². The minimum atomic E-state index is -2.97. The molecular weight excluding hydrogens is 1070 g/mol. The quantitative estimate of drug-likeness (QED) is 0.0682. The van der Waals surface area contributed by atoms with Crippen molar-refractivity contribution in [2.24, 2.45) is 0 Å². The van der Waals surface area contributed by atoms with E-state index in [1.54, 1.807) is 83.5 Å². The van der Waals surface area contributed by atoms with E-state index in [-0.39, 0.29) is 0 Å². The summed E-state index contributed by atoms with van der Waals surface area (Å²) in [5.74, 6) is 6.59. The van der Waals surface area contributed by atoms with E-state index in [1.807, 2.05) is 25.9 Å². The standard InChI is InChI=1S/C75H115Si6/c1-41(2)56-31-61(46(11)12)71(62(32-56)47(13)14)77-78-76-80(72-63(48(15)16)33-57(42(3)4)34-64(72)49(17)18,73-65(50(19)20)35-58(43(5)6)36-66(73)51(21)22)79(78)81(77,74-67(52(23)24)37-59(44(7)8)38-68(74)53(25)26)75-69(54(27)28)39-60(45(9)10)40-70(75)55(29)30/h31-55H,1-30H3/q-1. The SMILES string of the molecule is CC(C)c1cc(C(C)C)c([Si]2[Si]3[Si-][Si](c4c(C(C)C)cc(C(C)C)cc4C(C)C)(c4c(C(C)C)cc(C(C)C)cc4C(C)C)[Si]3[Si]2(c2c(C(C)C)cc(C(C)C)cc2C(C)C)c2c(C(C)C)cc(C(C)C)cc2C(C)C)c(C(C)C)c1. The molecule has 440 valence electrons. The Kier molecular flexibility index (Phi) is 20.4. The molecule has 0 aromatic heterocycles. The van der Waals surface area contributed by atoms with Crippen LogP contribution in [0, 0.1) is 0 Å². The van der Waals surface area contributed by atoms with Crippen molar-refractivity contribution in [2.45, 2.75) is 296 Å². The lowest BCUT2D eigenvalue weighted by Crippen LogP contribution is -3.15. The Morgan fingerprint density at radius 2 is 0.432 bits per heavy atom. The third-order valence-corrected chi connectivity index (χ3v) is 129. The Morgan fingerprint density at radius 1 is 0.247 bits per heavy atom. The highest BCUT2D eigenvalue weighted by atomic mass is 30.5. The van der Waals surface area contributed by atoms with Crippen LogP contribution < -0.4 is 25.9 Å². The predicted molar refractivity (Wildman–Crippen MR) is 376 cm³/mol. The van der Waals surface area contributed by atoms with Gasteiger partial charge in [0, 0.05) is 7.83 Å². The zero-order chi connectivity index (χ0) is 60.7. The lowest BCUT2D eigenvalue weighted by atomic mass is 9.89. The second-order valence-electron chi connectivity index (χ2n) is 30.4. The summed E-state index contributed by atoms with van der Waals surface area (Å²) in [4.78, 5) is 0. The Bertz CT molecular complexity index is 2760. The summed E-state index contributed by atoms with van der Waals surface area (Å²) in [6.07, 6.45) is 0. The number of fused-ring (bicyclic) bond motifs is 1. The van der Waals surface area contributed by atoms with Gasteiger partial charge >= 0.3 is 0 Å². The Hall–Kier alpha value is -2.60. The molecule has 0 saturated carbocycles. The molecule has 0 aliphatic carbocycles. The summed E-state index contributed by atoms with van der Waals surface area (Å²) >= 11 is 0. The monoisotopic (exact) mass is 1180 g/mol. The van der Waals surface area contributed by atoms with Crippen LogP contribution in [0.3, 0.4) is 0 Å². The maximum Gasteiger partial charge on any atom is 0.0899 e. The van der Waals surface area contributed by atoms with Crippen LogP contribution in [0.1, 0.15) is 380 Å². The average Bonchev–Trinajstić information content (AvgIpc) is 3.36. The van der Waals surface area contributed by atoms with Crippen molar-refractivity contribution >= 4 is 71.2 Å². The summed E-state index contributed by atoms with van der Waals surface area (Å²) in [7, 11) is -8.07. The van der Waals surface area contributed by atoms with Crippen LogP contribution in [-0.4, -0.2) is 45.3 Å². The fourth-order valence-corrected chi connectivity index (χ4v) is 209. The zero-order valence-electron chi connectivity index (χ0n) is 57.4. The van der Waals surface area contributed by atoms with Crippen LogP contribution in [0.4, 0.5) is 0 Å². The Balaban J connectivity index is 2.01. The van der Waals surface area contributed by atoms with Crippen molar-refractivity contribution in [3.05, 3.63) is 144 Å². The molecule has 0 unspecified atom stereocenters. The van der Waals surface area contributed by atoms with E-state index in [2.05, 4.69) is 268 Å². The Morgan fingerprint density at radius 3 is 0.617 bits per heavy atom. The molecule has 81 heavy (non-hydrogen) atoms. The summed E-state index contributed by atoms with van der Waals surface area (Å²) in [6, 6.07) is 28.4. The van der Waals surface area contributed by atoms with Crippen molar-refractivity contribution in [2.75, 3.05) is 0 Å². The van der Waals surface area contributed by atoms with E-state index in [9.17, 15) is 0 Å². The molecule has 7 rings (SSSR count). The lowest BCUT2D eigenvalue weighted by Gasteiger charge is -2.85. The molecule has 0 bridgehead atoms. The molecule has 2 aliphatic rings. The molecule has 6 heteroatoms. The molecule has 5 aromatic rings.